The standard InChI is InChI=1S/C10H13F2N3O/c1-3-10(11,12)7-5-14-9(4-8(7)13)15-6(2)16/h4-5H,3H2,1-2H3,(H3,13,14,15,16). The first-order valence-corrected chi connectivity index (χ1v) is 4.78. The quantitative estimate of drug-likeness (QED) is 0.834. The normalized spacial score (nSPS) is 11.2. The molecule has 0 aromatic carbocycles. The molecule has 1 amide bonds. The third kappa shape index (κ3) is 2.65. The van der Waals surface area contributed by atoms with Gasteiger partial charge in [0.2, 0.25) is 5.91 Å². The zero-order chi connectivity index (χ0) is 12.3. The smallest absolute Gasteiger partial charge is 0.276 e. The summed E-state index contributed by atoms with van der Waals surface area (Å²) in [6.07, 6.45) is 0.641. The van der Waals surface area contributed by atoms with E-state index in [1.54, 1.807) is 0 Å². The Morgan fingerprint density at radius 1 is 1.62 bits per heavy atom. The van der Waals surface area contributed by atoms with Crippen molar-refractivity contribution in [2.45, 2.75) is 26.2 Å². The molecule has 0 saturated carbocycles. The molecular formula is C10H13F2N3O. The fraction of sp³-hybridized carbons (Fsp3) is 0.400. The van der Waals surface area contributed by atoms with Gasteiger partial charge in [-0.25, -0.2) is 13.8 Å². The number of nitrogens with one attached hydrogen (secondary N) is 1. The van der Waals surface area contributed by atoms with Gasteiger partial charge < -0.3 is 11.1 Å². The molecule has 0 bridgehead atoms. The Bertz CT molecular complexity index is 407. The summed E-state index contributed by atoms with van der Waals surface area (Å²) >= 11 is 0. The van der Waals surface area contributed by atoms with E-state index in [1.807, 2.05) is 0 Å². The summed E-state index contributed by atoms with van der Waals surface area (Å²) in [6.45, 7) is 2.66. The number of carbonyl (C=O) groups is 1. The van der Waals surface area contributed by atoms with Crippen LogP contribution in [0.2, 0.25) is 0 Å². The topological polar surface area (TPSA) is 68.0 Å². The number of hydrogen-bond acceptors (Lipinski definition) is 3. The van der Waals surface area contributed by atoms with Crippen LogP contribution in [0.3, 0.4) is 0 Å². The fourth-order valence-corrected chi connectivity index (χ4v) is 1.22. The number of alkyl halides is 2. The molecule has 1 heterocycles. The summed E-state index contributed by atoms with van der Waals surface area (Å²) < 4.78 is 26.7. The molecule has 0 aliphatic rings. The maximum atomic E-state index is 13.3. The first-order chi connectivity index (χ1) is 7.36. The number of halogens is 2. The summed E-state index contributed by atoms with van der Waals surface area (Å²) in [7, 11) is 0. The highest BCUT2D eigenvalue weighted by Crippen LogP contribution is 2.35. The molecule has 1 rings (SSSR count). The molecule has 3 N–H and O–H groups in total. The van der Waals surface area contributed by atoms with Gasteiger partial charge in [0, 0.05) is 31.3 Å². The lowest BCUT2D eigenvalue weighted by atomic mass is 10.1. The average Bonchev–Trinajstić information content (AvgIpc) is 2.16. The molecule has 0 radical (unpaired) electrons. The Morgan fingerprint density at radius 2 is 2.25 bits per heavy atom. The van der Waals surface area contributed by atoms with Crippen LogP contribution < -0.4 is 11.1 Å². The Labute approximate surface area is 91.9 Å². The summed E-state index contributed by atoms with van der Waals surface area (Å²) in [5.41, 5.74) is 5.09. The third-order valence-corrected chi connectivity index (χ3v) is 2.08. The van der Waals surface area contributed by atoms with E-state index >= 15 is 0 Å². The van der Waals surface area contributed by atoms with Gasteiger partial charge in [0.25, 0.3) is 5.92 Å². The summed E-state index contributed by atoms with van der Waals surface area (Å²) in [6, 6.07) is 1.22. The highest BCUT2D eigenvalue weighted by atomic mass is 19.3. The Hall–Kier alpha value is -1.72. The van der Waals surface area contributed by atoms with Crippen molar-refractivity contribution >= 4 is 17.4 Å². The van der Waals surface area contributed by atoms with Crippen molar-refractivity contribution in [3.8, 4) is 0 Å². The van der Waals surface area contributed by atoms with Crippen LogP contribution >= 0.6 is 0 Å². The van der Waals surface area contributed by atoms with Crippen molar-refractivity contribution in [2.24, 2.45) is 0 Å². The number of nitrogen functional groups attached to an aromatic ring is 1. The van der Waals surface area contributed by atoms with Crippen molar-refractivity contribution in [2.75, 3.05) is 11.1 Å². The molecule has 0 spiro atoms. The van der Waals surface area contributed by atoms with E-state index in [0.29, 0.717) is 0 Å². The second-order valence-electron chi connectivity index (χ2n) is 3.40. The summed E-state index contributed by atoms with van der Waals surface area (Å²) in [5, 5.41) is 2.37. The molecule has 0 aliphatic carbocycles. The number of anilines is 2. The number of nitrogens with two attached hydrogens (primary N) is 1. The van der Waals surface area contributed by atoms with Crippen molar-refractivity contribution in [3.63, 3.8) is 0 Å². The number of amides is 1. The maximum absolute atomic E-state index is 13.3. The fourth-order valence-electron chi connectivity index (χ4n) is 1.22. The molecule has 1 aromatic rings. The number of carbonyl (C=O) groups excluding carboxylic acids is 1. The molecule has 88 valence electrons. The van der Waals surface area contributed by atoms with Crippen molar-refractivity contribution in [3.05, 3.63) is 17.8 Å². The van der Waals surface area contributed by atoms with Crippen LogP contribution in [0.5, 0.6) is 0 Å². The zero-order valence-electron chi connectivity index (χ0n) is 9.05. The van der Waals surface area contributed by atoms with E-state index in [1.165, 1.54) is 19.9 Å². The molecule has 0 atom stereocenters. The molecule has 0 unspecified atom stereocenters. The van der Waals surface area contributed by atoms with Crippen molar-refractivity contribution < 1.29 is 13.6 Å². The van der Waals surface area contributed by atoms with E-state index in [2.05, 4.69) is 10.3 Å². The van der Waals surface area contributed by atoms with Gasteiger partial charge in [-0.2, -0.15) is 0 Å². The lowest BCUT2D eigenvalue weighted by molar-refractivity contribution is -0.114. The highest BCUT2D eigenvalue weighted by Gasteiger charge is 2.31. The lowest BCUT2D eigenvalue weighted by Gasteiger charge is -2.16. The summed E-state index contributed by atoms with van der Waals surface area (Å²) in [5.74, 6) is -3.16. The summed E-state index contributed by atoms with van der Waals surface area (Å²) in [4.78, 5) is 14.4. The van der Waals surface area contributed by atoms with Gasteiger partial charge in [0.15, 0.2) is 0 Å². The number of aromatic nitrogens is 1. The second kappa shape index (κ2) is 4.42. The van der Waals surface area contributed by atoms with Crippen LogP contribution in [0.1, 0.15) is 25.8 Å². The molecule has 0 saturated heterocycles. The van der Waals surface area contributed by atoms with Crippen LogP contribution in [0, 0.1) is 0 Å². The van der Waals surface area contributed by atoms with E-state index < -0.39 is 5.92 Å². The minimum atomic E-state index is -2.99. The minimum Gasteiger partial charge on any atom is -0.398 e. The van der Waals surface area contributed by atoms with Crippen LogP contribution in [-0.2, 0) is 10.7 Å². The first kappa shape index (κ1) is 12.4. The second-order valence-corrected chi connectivity index (χ2v) is 3.40. The monoisotopic (exact) mass is 229 g/mol. The van der Waals surface area contributed by atoms with Gasteiger partial charge >= 0.3 is 0 Å². The third-order valence-electron chi connectivity index (χ3n) is 2.08. The lowest BCUT2D eigenvalue weighted by Crippen LogP contribution is -2.16. The molecule has 4 nitrogen and oxygen atoms in total. The SMILES string of the molecule is CCC(F)(F)c1cnc(NC(C)=O)cc1N. The zero-order valence-corrected chi connectivity index (χ0v) is 9.05. The van der Waals surface area contributed by atoms with Gasteiger partial charge in [-0.1, -0.05) is 6.92 Å². The van der Waals surface area contributed by atoms with Gasteiger partial charge in [-0.05, 0) is 0 Å². The van der Waals surface area contributed by atoms with Gasteiger partial charge in [0.1, 0.15) is 5.82 Å². The molecule has 0 fully saturated rings. The van der Waals surface area contributed by atoms with Crippen molar-refractivity contribution in [1.82, 2.24) is 4.98 Å². The highest BCUT2D eigenvalue weighted by molar-refractivity contribution is 5.88. The van der Waals surface area contributed by atoms with E-state index in [0.717, 1.165) is 6.20 Å². The van der Waals surface area contributed by atoms with E-state index in [9.17, 15) is 13.6 Å². The molecular weight excluding hydrogens is 216 g/mol. The number of hydrogen-bond donors (Lipinski definition) is 2. The molecule has 16 heavy (non-hydrogen) atoms. The number of nitrogens with zero attached hydrogens (tertiary/aromatic N) is 1. The Kier molecular flexibility index (Phi) is 3.41. The van der Waals surface area contributed by atoms with Crippen LogP contribution in [0.4, 0.5) is 20.3 Å². The van der Waals surface area contributed by atoms with Crippen LogP contribution in [0.15, 0.2) is 12.3 Å². The van der Waals surface area contributed by atoms with Crippen LogP contribution in [0.25, 0.3) is 0 Å². The Balaban J connectivity index is 3.05. The molecule has 6 heteroatoms. The first-order valence-electron chi connectivity index (χ1n) is 4.78. The maximum Gasteiger partial charge on any atom is 0.276 e. The number of pyridine rings is 1. The van der Waals surface area contributed by atoms with Gasteiger partial charge in [-0.3, -0.25) is 4.79 Å². The molecule has 1 aromatic heterocycles. The van der Waals surface area contributed by atoms with Gasteiger partial charge in [-0.15, -0.1) is 0 Å². The largest absolute Gasteiger partial charge is 0.398 e. The predicted molar refractivity (Wildman–Crippen MR) is 57.1 cm³/mol. The van der Waals surface area contributed by atoms with Crippen LogP contribution in [-0.4, -0.2) is 10.9 Å². The van der Waals surface area contributed by atoms with E-state index in [-0.39, 0.29) is 29.4 Å². The number of rotatable bonds is 3. The Morgan fingerprint density at radius 3 is 2.69 bits per heavy atom. The minimum absolute atomic E-state index is 0.0781. The average molecular weight is 229 g/mol. The van der Waals surface area contributed by atoms with Crippen molar-refractivity contribution in [1.29, 1.82) is 0 Å². The van der Waals surface area contributed by atoms with E-state index in [4.69, 9.17) is 5.73 Å². The van der Waals surface area contributed by atoms with Gasteiger partial charge in [0.05, 0.1) is 5.56 Å². The molecule has 0 aliphatic heterocycles. The predicted octanol–water partition coefficient (Wildman–Crippen LogP) is 2.12.